The summed E-state index contributed by atoms with van der Waals surface area (Å²) < 4.78 is 0. The van der Waals surface area contributed by atoms with Crippen LogP contribution in [0.1, 0.15) is 6.92 Å². The number of hydrogen-bond donors (Lipinski definition) is 2. The van der Waals surface area contributed by atoms with Crippen molar-refractivity contribution in [2.24, 2.45) is 5.10 Å². The van der Waals surface area contributed by atoms with Crippen LogP contribution in [0, 0.1) is 10.1 Å². The molecule has 7 nitrogen and oxygen atoms in total. The van der Waals surface area contributed by atoms with Crippen LogP contribution < -0.4 is 5.43 Å². The molecule has 0 heterocycles. The van der Waals surface area contributed by atoms with E-state index in [1.165, 1.54) is 25.1 Å². The highest BCUT2D eigenvalue weighted by molar-refractivity contribution is 6.34. The van der Waals surface area contributed by atoms with Crippen molar-refractivity contribution in [3.8, 4) is 0 Å². The van der Waals surface area contributed by atoms with Crippen molar-refractivity contribution in [3.63, 3.8) is 0 Å². The fourth-order valence-electron chi connectivity index (χ4n) is 0.885. The number of carboxylic acids is 1. The van der Waals surface area contributed by atoms with E-state index in [2.05, 4.69) is 10.5 Å². The molecule has 0 bridgehead atoms. The maximum atomic E-state index is 10.4. The molecule has 0 amide bonds. The number of aliphatic carboxylic acids is 1. The zero-order chi connectivity index (χ0) is 12.1. The number of hydrogen-bond acceptors (Lipinski definition) is 5. The van der Waals surface area contributed by atoms with E-state index in [0.717, 1.165) is 0 Å². The molecule has 0 spiro atoms. The van der Waals surface area contributed by atoms with Crippen molar-refractivity contribution in [1.82, 2.24) is 0 Å². The minimum absolute atomic E-state index is 0.0896. The Kier molecular flexibility index (Phi) is 3.54. The van der Waals surface area contributed by atoms with E-state index < -0.39 is 10.9 Å². The minimum Gasteiger partial charge on any atom is -0.477 e. The molecule has 0 atom stereocenters. The Morgan fingerprint density at radius 2 is 2.25 bits per heavy atom. The summed E-state index contributed by atoms with van der Waals surface area (Å²) in [6, 6.07) is 5.62. The van der Waals surface area contributed by atoms with Gasteiger partial charge in [0.25, 0.3) is 5.69 Å². The molecule has 0 radical (unpaired) electrons. The largest absolute Gasteiger partial charge is 0.477 e. The van der Waals surface area contributed by atoms with E-state index in [-0.39, 0.29) is 11.4 Å². The quantitative estimate of drug-likeness (QED) is 0.456. The molecule has 2 N–H and O–H groups in total. The van der Waals surface area contributed by atoms with Crippen LogP contribution in [-0.2, 0) is 4.79 Å². The van der Waals surface area contributed by atoms with Gasteiger partial charge in [-0.15, -0.1) is 0 Å². The van der Waals surface area contributed by atoms with E-state index >= 15 is 0 Å². The number of nitrogens with zero attached hydrogens (tertiary/aromatic N) is 2. The monoisotopic (exact) mass is 223 g/mol. The molecule has 1 aromatic rings. The highest BCUT2D eigenvalue weighted by atomic mass is 16.6. The Morgan fingerprint density at radius 3 is 2.81 bits per heavy atom. The average Bonchev–Trinajstić information content (AvgIpc) is 2.26. The van der Waals surface area contributed by atoms with Crippen LogP contribution in [0.15, 0.2) is 29.4 Å². The topological polar surface area (TPSA) is 105 Å². The van der Waals surface area contributed by atoms with Crippen LogP contribution in [0.2, 0.25) is 0 Å². The third-order valence-corrected chi connectivity index (χ3v) is 1.72. The third-order valence-electron chi connectivity index (χ3n) is 1.72. The SMILES string of the molecule is C/C(=N\Nc1cccc([N+](=O)[O-])c1)C(=O)O. The zero-order valence-electron chi connectivity index (χ0n) is 8.38. The van der Waals surface area contributed by atoms with Crippen molar-refractivity contribution in [2.75, 3.05) is 5.43 Å². The third kappa shape index (κ3) is 3.05. The Bertz CT molecular complexity index is 456. The van der Waals surface area contributed by atoms with Gasteiger partial charge in [-0.05, 0) is 13.0 Å². The number of carboxylic acid groups (broad SMARTS) is 1. The van der Waals surface area contributed by atoms with Gasteiger partial charge in [-0.1, -0.05) is 6.07 Å². The second kappa shape index (κ2) is 4.87. The highest BCUT2D eigenvalue weighted by Gasteiger charge is 2.05. The van der Waals surface area contributed by atoms with E-state index in [0.29, 0.717) is 5.69 Å². The Hall–Kier alpha value is -2.44. The van der Waals surface area contributed by atoms with Crippen molar-refractivity contribution >= 4 is 23.1 Å². The van der Waals surface area contributed by atoms with Crippen LogP contribution in [0.25, 0.3) is 0 Å². The van der Waals surface area contributed by atoms with Gasteiger partial charge in [-0.2, -0.15) is 5.10 Å². The van der Waals surface area contributed by atoms with Gasteiger partial charge >= 0.3 is 5.97 Å². The van der Waals surface area contributed by atoms with Gasteiger partial charge in [-0.3, -0.25) is 15.5 Å². The summed E-state index contributed by atoms with van der Waals surface area (Å²) >= 11 is 0. The Labute approximate surface area is 90.6 Å². The molecule has 1 aromatic carbocycles. The summed E-state index contributed by atoms with van der Waals surface area (Å²) in [5, 5.41) is 22.5. The van der Waals surface area contributed by atoms with Crippen molar-refractivity contribution in [3.05, 3.63) is 34.4 Å². The lowest BCUT2D eigenvalue weighted by Crippen LogP contribution is -2.10. The number of nitrogens with one attached hydrogen (secondary N) is 1. The van der Waals surface area contributed by atoms with Crippen LogP contribution in [0.4, 0.5) is 11.4 Å². The number of non-ortho nitro benzene ring substituents is 1. The molecule has 16 heavy (non-hydrogen) atoms. The van der Waals surface area contributed by atoms with Crippen LogP contribution >= 0.6 is 0 Å². The molecule has 0 aromatic heterocycles. The lowest BCUT2D eigenvalue weighted by molar-refractivity contribution is -0.384. The summed E-state index contributed by atoms with van der Waals surface area (Å²) in [6.07, 6.45) is 0. The van der Waals surface area contributed by atoms with Gasteiger partial charge in [0.15, 0.2) is 0 Å². The number of rotatable bonds is 4. The fourth-order valence-corrected chi connectivity index (χ4v) is 0.885. The van der Waals surface area contributed by atoms with Gasteiger partial charge < -0.3 is 5.11 Å². The highest BCUT2D eigenvalue weighted by Crippen LogP contribution is 2.16. The predicted octanol–water partition coefficient (Wildman–Crippen LogP) is 1.47. The van der Waals surface area contributed by atoms with Gasteiger partial charge in [0, 0.05) is 12.1 Å². The summed E-state index contributed by atoms with van der Waals surface area (Å²) in [5.41, 5.74) is 2.56. The summed E-state index contributed by atoms with van der Waals surface area (Å²) in [6.45, 7) is 1.31. The lowest BCUT2D eigenvalue weighted by atomic mass is 10.3. The van der Waals surface area contributed by atoms with Crippen molar-refractivity contribution in [1.29, 1.82) is 0 Å². The van der Waals surface area contributed by atoms with Crippen LogP contribution in [-0.4, -0.2) is 21.7 Å². The van der Waals surface area contributed by atoms with Gasteiger partial charge in [-0.25, -0.2) is 4.79 Å². The molecule has 0 aliphatic heterocycles. The molecule has 0 aliphatic rings. The van der Waals surface area contributed by atoms with E-state index in [9.17, 15) is 14.9 Å². The van der Waals surface area contributed by atoms with Crippen LogP contribution in [0.5, 0.6) is 0 Å². The normalized spacial score (nSPS) is 10.9. The maximum Gasteiger partial charge on any atom is 0.351 e. The zero-order valence-corrected chi connectivity index (χ0v) is 8.38. The first kappa shape index (κ1) is 11.6. The number of nitro groups is 1. The molecule has 7 heteroatoms. The number of carbonyl (C=O) groups is 1. The molecule has 0 saturated carbocycles. The molecule has 0 aliphatic carbocycles. The predicted molar refractivity (Wildman–Crippen MR) is 57.5 cm³/mol. The molecule has 84 valence electrons. The summed E-state index contributed by atoms with van der Waals surface area (Å²) in [4.78, 5) is 20.3. The number of benzene rings is 1. The molecular weight excluding hydrogens is 214 g/mol. The number of hydrazone groups is 1. The second-order valence-corrected chi connectivity index (χ2v) is 2.92. The summed E-state index contributed by atoms with van der Waals surface area (Å²) in [5.74, 6) is -1.15. The second-order valence-electron chi connectivity index (χ2n) is 2.92. The number of nitro benzene ring substituents is 1. The van der Waals surface area contributed by atoms with Gasteiger partial charge in [0.05, 0.1) is 10.6 Å². The standard InChI is InChI=1S/C9H9N3O4/c1-6(9(13)14)10-11-7-3-2-4-8(5-7)12(15)16/h2-5,11H,1H3,(H,13,14)/b10-6+. The minimum atomic E-state index is -1.15. The molecule has 0 unspecified atom stereocenters. The maximum absolute atomic E-state index is 10.4. The molecule has 1 rings (SSSR count). The van der Waals surface area contributed by atoms with Crippen molar-refractivity contribution in [2.45, 2.75) is 6.92 Å². The average molecular weight is 223 g/mol. The smallest absolute Gasteiger partial charge is 0.351 e. The Morgan fingerprint density at radius 1 is 1.56 bits per heavy atom. The van der Waals surface area contributed by atoms with Gasteiger partial charge in [0.1, 0.15) is 5.71 Å². The van der Waals surface area contributed by atoms with E-state index in [4.69, 9.17) is 5.11 Å². The fraction of sp³-hybridized carbons (Fsp3) is 0.111. The summed E-state index contributed by atoms with van der Waals surface area (Å²) in [7, 11) is 0. The first-order valence-electron chi connectivity index (χ1n) is 4.29. The first-order chi connectivity index (χ1) is 7.50. The lowest BCUT2D eigenvalue weighted by Gasteiger charge is -2.00. The molecule has 0 saturated heterocycles. The van der Waals surface area contributed by atoms with Crippen LogP contribution in [0.3, 0.4) is 0 Å². The van der Waals surface area contributed by atoms with E-state index in [1.807, 2.05) is 0 Å². The molecule has 0 fully saturated rings. The van der Waals surface area contributed by atoms with Crippen molar-refractivity contribution < 1.29 is 14.8 Å². The Balaban J connectivity index is 2.82. The van der Waals surface area contributed by atoms with E-state index in [1.54, 1.807) is 6.07 Å². The number of anilines is 1. The van der Waals surface area contributed by atoms with Gasteiger partial charge in [0.2, 0.25) is 0 Å². The molecular formula is C9H9N3O4. The first-order valence-corrected chi connectivity index (χ1v) is 4.29.